The number of rotatable bonds is 2. The molecular formula is C12H12ClN2O. The third-order valence-corrected chi connectivity index (χ3v) is 2.89. The highest BCUT2D eigenvalue weighted by molar-refractivity contribution is 6.31. The first-order valence-electron chi connectivity index (χ1n) is 5.29. The molecule has 1 heterocycles. The lowest BCUT2D eigenvalue weighted by Gasteiger charge is -2.22. The van der Waals surface area contributed by atoms with E-state index in [0.717, 1.165) is 31.7 Å². The summed E-state index contributed by atoms with van der Waals surface area (Å²) in [4.78, 5) is 0. The Morgan fingerprint density at radius 3 is 2.75 bits per heavy atom. The fourth-order valence-electron chi connectivity index (χ4n) is 1.70. The molecule has 0 aliphatic carbocycles. The monoisotopic (exact) mass is 235 g/mol. The van der Waals surface area contributed by atoms with Crippen LogP contribution in [0.25, 0.3) is 0 Å². The zero-order valence-electron chi connectivity index (χ0n) is 8.82. The molecular weight excluding hydrogens is 224 g/mol. The van der Waals surface area contributed by atoms with Crippen molar-refractivity contribution >= 4 is 11.6 Å². The van der Waals surface area contributed by atoms with Gasteiger partial charge in [-0.2, -0.15) is 5.26 Å². The van der Waals surface area contributed by atoms with Crippen LogP contribution < -0.4 is 10.1 Å². The molecule has 0 atom stereocenters. The molecule has 1 aliphatic heterocycles. The van der Waals surface area contributed by atoms with E-state index in [2.05, 4.69) is 5.32 Å². The Labute approximate surface area is 100.0 Å². The Morgan fingerprint density at radius 1 is 1.38 bits per heavy atom. The van der Waals surface area contributed by atoms with Crippen molar-refractivity contribution in [2.24, 2.45) is 0 Å². The van der Waals surface area contributed by atoms with Crippen molar-refractivity contribution in [3.8, 4) is 11.8 Å². The molecule has 4 heteroatoms. The number of hydrogen-bond donors (Lipinski definition) is 0. The third kappa shape index (κ3) is 2.66. The van der Waals surface area contributed by atoms with Gasteiger partial charge in [0.1, 0.15) is 17.9 Å². The summed E-state index contributed by atoms with van der Waals surface area (Å²) in [6.45, 7) is 1.74. The van der Waals surface area contributed by atoms with E-state index in [1.807, 2.05) is 6.07 Å². The van der Waals surface area contributed by atoms with Gasteiger partial charge in [-0.15, -0.1) is 0 Å². The molecule has 1 aromatic rings. The second-order valence-corrected chi connectivity index (χ2v) is 4.15. The van der Waals surface area contributed by atoms with Crippen molar-refractivity contribution in [3.05, 3.63) is 28.8 Å². The smallest absolute Gasteiger partial charge is 0.121 e. The molecule has 0 unspecified atom stereocenters. The maximum Gasteiger partial charge on any atom is 0.121 e. The predicted molar refractivity (Wildman–Crippen MR) is 61.7 cm³/mol. The van der Waals surface area contributed by atoms with Crippen LogP contribution in [0.3, 0.4) is 0 Å². The van der Waals surface area contributed by atoms with Gasteiger partial charge in [-0.3, -0.25) is 0 Å². The van der Waals surface area contributed by atoms with Crippen LogP contribution in [0.4, 0.5) is 0 Å². The normalized spacial score (nSPS) is 16.8. The lowest BCUT2D eigenvalue weighted by molar-refractivity contribution is 0.161. The van der Waals surface area contributed by atoms with Gasteiger partial charge in [0.2, 0.25) is 0 Å². The highest BCUT2D eigenvalue weighted by Crippen LogP contribution is 2.24. The molecule has 16 heavy (non-hydrogen) atoms. The second-order valence-electron chi connectivity index (χ2n) is 3.74. The second kappa shape index (κ2) is 5.20. The molecule has 0 saturated carbocycles. The summed E-state index contributed by atoms with van der Waals surface area (Å²) >= 11 is 5.93. The van der Waals surface area contributed by atoms with Crippen LogP contribution in [0.2, 0.25) is 5.02 Å². The van der Waals surface area contributed by atoms with Crippen molar-refractivity contribution in [1.29, 1.82) is 5.26 Å². The summed E-state index contributed by atoms with van der Waals surface area (Å²) in [7, 11) is 0. The number of hydrogen-bond acceptors (Lipinski definition) is 2. The van der Waals surface area contributed by atoms with Crippen molar-refractivity contribution in [2.75, 3.05) is 13.1 Å². The largest absolute Gasteiger partial charge is 0.490 e. The Hall–Kier alpha value is -1.24. The summed E-state index contributed by atoms with van der Waals surface area (Å²) in [6.07, 6.45) is 2.14. The summed E-state index contributed by atoms with van der Waals surface area (Å²) < 4.78 is 5.78. The molecule has 2 rings (SSSR count). The lowest BCUT2D eigenvalue weighted by atomic mass is 10.1. The van der Waals surface area contributed by atoms with E-state index >= 15 is 0 Å². The van der Waals surface area contributed by atoms with Crippen LogP contribution in [0, 0.1) is 11.3 Å². The molecule has 1 radical (unpaired) electrons. The van der Waals surface area contributed by atoms with Gasteiger partial charge >= 0.3 is 0 Å². The lowest BCUT2D eigenvalue weighted by Crippen LogP contribution is -2.30. The molecule has 0 spiro atoms. The molecule has 1 saturated heterocycles. The van der Waals surface area contributed by atoms with Crippen LogP contribution in [0.15, 0.2) is 18.2 Å². The Bertz CT molecular complexity index is 408. The zero-order valence-corrected chi connectivity index (χ0v) is 9.57. The molecule has 1 aliphatic rings. The number of halogens is 1. The summed E-state index contributed by atoms with van der Waals surface area (Å²) in [5.41, 5.74) is 0.479. The van der Waals surface area contributed by atoms with Crippen molar-refractivity contribution in [3.63, 3.8) is 0 Å². The van der Waals surface area contributed by atoms with Gasteiger partial charge in [-0.05, 0) is 25.0 Å². The Morgan fingerprint density at radius 2 is 2.12 bits per heavy atom. The minimum Gasteiger partial charge on any atom is -0.490 e. The zero-order chi connectivity index (χ0) is 11.4. The number of nitrogens with zero attached hydrogens (tertiary/aromatic N) is 2. The molecule has 1 fully saturated rings. The van der Waals surface area contributed by atoms with E-state index in [-0.39, 0.29) is 6.10 Å². The predicted octanol–water partition coefficient (Wildman–Crippen LogP) is 2.36. The standard InChI is InChI=1S/C12H12ClN2O/c13-12-7-11(2-1-9(12)8-14)16-10-3-5-15-6-4-10/h1-2,7,10H,3-6H2. The first kappa shape index (κ1) is 11.3. The minimum absolute atomic E-state index is 0.224. The molecule has 83 valence electrons. The Balaban J connectivity index is 2.04. The highest BCUT2D eigenvalue weighted by atomic mass is 35.5. The van der Waals surface area contributed by atoms with E-state index in [1.54, 1.807) is 18.2 Å². The van der Waals surface area contributed by atoms with E-state index in [4.69, 9.17) is 21.6 Å². The highest BCUT2D eigenvalue weighted by Gasteiger charge is 2.15. The first-order valence-corrected chi connectivity index (χ1v) is 5.67. The number of nitriles is 1. The van der Waals surface area contributed by atoms with Gasteiger partial charge < -0.3 is 4.74 Å². The summed E-state index contributed by atoms with van der Waals surface area (Å²) in [5.74, 6) is 0.732. The molecule has 3 nitrogen and oxygen atoms in total. The fourth-order valence-corrected chi connectivity index (χ4v) is 1.91. The van der Waals surface area contributed by atoms with E-state index in [0.29, 0.717) is 10.6 Å². The third-order valence-electron chi connectivity index (χ3n) is 2.58. The van der Waals surface area contributed by atoms with Gasteiger partial charge in [0.25, 0.3) is 0 Å². The van der Waals surface area contributed by atoms with Crippen molar-refractivity contribution in [1.82, 2.24) is 5.32 Å². The van der Waals surface area contributed by atoms with Crippen LogP contribution >= 0.6 is 11.6 Å². The van der Waals surface area contributed by atoms with E-state index in [9.17, 15) is 0 Å². The van der Waals surface area contributed by atoms with Gasteiger partial charge in [0.15, 0.2) is 0 Å². The molecule has 0 amide bonds. The minimum atomic E-state index is 0.224. The van der Waals surface area contributed by atoms with Crippen LogP contribution in [-0.2, 0) is 0 Å². The quantitative estimate of drug-likeness (QED) is 0.790. The maximum absolute atomic E-state index is 8.74. The molecule has 0 N–H and O–H groups in total. The number of piperidine rings is 1. The molecule has 0 aromatic heterocycles. The van der Waals surface area contributed by atoms with E-state index < -0.39 is 0 Å². The summed E-state index contributed by atoms with van der Waals surface area (Å²) in [6, 6.07) is 7.20. The van der Waals surface area contributed by atoms with Crippen LogP contribution in [0.5, 0.6) is 5.75 Å². The maximum atomic E-state index is 8.74. The van der Waals surface area contributed by atoms with Gasteiger partial charge in [0, 0.05) is 19.2 Å². The van der Waals surface area contributed by atoms with Crippen molar-refractivity contribution in [2.45, 2.75) is 18.9 Å². The average Bonchev–Trinajstić information content (AvgIpc) is 2.31. The van der Waals surface area contributed by atoms with Crippen LogP contribution in [0.1, 0.15) is 18.4 Å². The van der Waals surface area contributed by atoms with Gasteiger partial charge in [0.05, 0.1) is 10.6 Å². The van der Waals surface area contributed by atoms with Gasteiger partial charge in [-0.1, -0.05) is 11.6 Å². The SMILES string of the molecule is N#Cc1ccc(OC2CC[N]CC2)cc1Cl. The molecule has 1 aromatic carbocycles. The Kier molecular flexibility index (Phi) is 3.66. The fraction of sp³-hybridized carbons (Fsp3) is 0.417. The molecule has 0 bridgehead atoms. The van der Waals surface area contributed by atoms with Crippen molar-refractivity contribution < 1.29 is 4.74 Å². The number of benzene rings is 1. The van der Waals surface area contributed by atoms with E-state index in [1.165, 1.54) is 0 Å². The summed E-state index contributed by atoms with van der Waals surface area (Å²) in [5, 5.41) is 13.5. The first-order chi connectivity index (χ1) is 7.79. The van der Waals surface area contributed by atoms with Gasteiger partial charge in [-0.25, -0.2) is 5.32 Å². The number of ether oxygens (including phenoxy) is 1. The topological polar surface area (TPSA) is 47.1 Å². The average molecular weight is 236 g/mol. The van der Waals surface area contributed by atoms with Crippen LogP contribution in [-0.4, -0.2) is 19.2 Å².